The molecule has 4 nitrogen and oxygen atoms in total. The summed E-state index contributed by atoms with van der Waals surface area (Å²) in [6.45, 7) is 0. The molecule has 17 heavy (non-hydrogen) atoms. The molecule has 5 heteroatoms. The van der Waals surface area contributed by atoms with Crippen molar-refractivity contribution >= 4 is 16.9 Å². The van der Waals surface area contributed by atoms with Crippen LogP contribution in [0.15, 0.2) is 24.4 Å². The Kier molecular flexibility index (Phi) is 3.10. The minimum Gasteiger partial charge on any atom is -0.468 e. The number of carbonyl (C=O) groups excluding carboxylic acids is 1. The largest absolute Gasteiger partial charge is 0.468 e. The molecule has 0 saturated carbocycles. The molecule has 0 aliphatic carbocycles. The third-order valence-electron chi connectivity index (χ3n) is 2.67. The quantitative estimate of drug-likeness (QED) is 0.790. The highest BCUT2D eigenvalue weighted by Gasteiger charge is 2.16. The number of hydrogen-bond donors (Lipinski definition) is 2. The molecule has 3 N–H and O–H groups in total. The molecule has 2 rings (SSSR count). The third-order valence-corrected chi connectivity index (χ3v) is 2.67. The van der Waals surface area contributed by atoms with Crippen molar-refractivity contribution in [2.45, 2.75) is 12.5 Å². The van der Waals surface area contributed by atoms with E-state index in [-0.39, 0.29) is 5.82 Å². The number of ether oxygens (including phenoxy) is 1. The molecule has 0 aliphatic rings. The van der Waals surface area contributed by atoms with E-state index >= 15 is 0 Å². The van der Waals surface area contributed by atoms with Crippen LogP contribution in [0.3, 0.4) is 0 Å². The number of aromatic nitrogens is 1. The fraction of sp³-hybridized carbons (Fsp3) is 0.250. The first-order chi connectivity index (χ1) is 8.11. The van der Waals surface area contributed by atoms with E-state index in [1.54, 1.807) is 12.3 Å². The summed E-state index contributed by atoms with van der Waals surface area (Å²) in [5, 5.41) is 0.866. The average molecular weight is 236 g/mol. The maximum Gasteiger partial charge on any atom is 0.322 e. The zero-order chi connectivity index (χ0) is 12.4. The monoisotopic (exact) mass is 236 g/mol. The van der Waals surface area contributed by atoms with Gasteiger partial charge in [0.1, 0.15) is 11.9 Å². The van der Waals surface area contributed by atoms with Crippen molar-refractivity contribution < 1.29 is 13.9 Å². The number of nitrogens with one attached hydrogen (secondary N) is 1. The molecule has 1 atom stereocenters. The minimum atomic E-state index is -0.705. The third kappa shape index (κ3) is 2.29. The molecule has 0 saturated heterocycles. The van der Waals surface area contributed by atoms with Crippen molar-refractivity contribution in [3.05, 3.63) is 35.8 Å². The van der Waals surface area contributed by atoms with Crippen LogP contribution in [-0.4, -0.2) is 24.1 Å². The van der Waals surface area contributed by atoms with E-state index in [1.807, 2.05) is 0 Å². The molecule has 0 amide bonds. The first kappa shape index (κ1) is 11.6. The number of methoxy groups -OCH3 is 1. The number of carbonyl (C=O) groups is 1. The Hall–Kier alpha value is -1.88. The summed E-state index contributed by atoms with van der Waals surface area (Å²) in [4.78, 5) is 14.2. The lowest BCUT2D eigenvalue weighted by Gasteiger charge is -2.07. The van der Waals surface area contributed by atoms with Crippen molar-refractivity contribution in [1.82, 2.24) is 4.98 Å². The predicted molar refractivity (Wildman–Crippen MR) is 62.0 cm³/mol. The van der Waals surface area contributed by atoms with Crippen molar-refractivity contribution in [2.75, 3.05) is 7.11 Å². The van der Waals surface area contributed by atoms with Crippen LogP contribution >= 0.6 is 0 Å². The van der Waals surface area contributed by atoms with Crippen LogP contribution in [0.4, 0.5) is 4.39 Å². The highest BCUT2D eigenvalue weighted by Crippen LogP contribution is 2.20. The van der Waals surface area contributed by atoms with Crippen LogP contribution in [0.25, 0.3) is 10.9 Å². The van der Waals surface area contributed by atoms with Gasteiger partial charge in [0.25, 0.3) is 0 Å². The highest BCUT2D eigenvalue weighted by atomic mass is 19.1. The van der Waals surface area contributed by atoms with Crippen molar-refractivity contribution in [3.63, 3.8) is 0 Å². The normalized spacial score (nSPS) is 12.6. The maximum absolute atomic E-state index is 13.0. The van der Waals surface area contributed by atoms with Gasteiger partial charge in [0.2, 0.25) is 0 Å². The second-order valence-corrected chi connectivity index (χ2v) is 3.84. The highest BCUT2D eigenvalue weighted by molar-refractivity contribution is 5.84. The number of halogens is 1. The zero-order valence-electron chi connectivity index (χ0n) is 9.37. The van der Waals surface area contributed by atoms with E-state index in [2.05, 4.69) is 9.72 Å². The molecule has 90 valence electrons. The summed E-state index contributed by atoms with van der Waals surface area (Å²) in [7, 11) is 1.30. The van der Waals surface area contributed by atoms with Crippen molar-refractivity contribution in [2.24, 2.45) is 5.73 Å². The van der Waals surface area contributed by atoms with E-state index < -0.39 is 12.0 Å². The van der Waals surface area contributed by atoms with Crippen LogP contribution < -0.4 is 5.73 Å². The lowest BCUT2D eigenvalue weighted by Crippen LogP contribution is -2.33. The van der Waals surface area contributed by atoms with Gasteiger partial charge in [0.05, 0.1) is 7.11 Å². The van der Waals surface area contributed by atoms with Gasteiger partial charge in [-0.15, -0.1) is 0 Å². The molecular formula is C12H13FN2O2. The first-order valence-corrected chi connectivity index (χ1v) is 5.20. The Balaban J connectivity index is 2.28. The summed E-state index contributed by atoms with van der Waals surface area (Å²) < 4.78 is 17.5. The van der Waals surface area contributed by atoms with Crippen LogP contribution in [0.1, 0.15) is 5.56 Å². The van der Waals surface area contributed by atoms with Gasteiger partial charge in [-0.2, -0.15) is 0 Å². The second-order valence-electron chi connectivity index (χ2n) is 3.84. The smallest absolute Gasteiger partial charge is 0.322 e. The number of nitrogens with two attached hydrogens (primary N) is 1. The van der Waals surface area contributed by atoms with E-state index in [9.17, 15) is 9.18 Å². The van der Waals surface area contributed by atoms with E-state index in [0.717, 1.165) is 10.9 Å². The number of esters is 1. The number of rotatable bonds is 3. The van der Waals surface area contributed by atoms with Gasteiger partial charge in [-0.05, 0) is 23.8 Å². The number of benzene rings is 1. The van der Waals surface area contributed by atoms with Crippen LogP contribution in [0, 0.1) is 5.82 Å². The summed E-state index contributed by atoms with van der Waals surface area (Å²) in [6.07, 6.45) is 2.09. The molecule has 0 aliphatic heterocycles. The number of H-pyrrole nitrogens is 1. The maximum atomic E-state index is 13.0. The molecule has 0 spiro atoms. The number of fused-ring (bicyclic) bond motifs is 1. The predicted octanol–water partition coefficient (Wildman–Crippen LogP) is 1.35. The van der Waals surface area contributed by atoms with Gasteiger partial charge < -0.3 is 15.5 Å². The summed E-state index contributed by atoms with van der Waals surface area (Å²) in [5.41, 5.74) is 7.24. The van der Waals surface area contributed by atoms with Gasteiger partial charge >= 0.3 is 5.97 Å². The average Bonchev–Trinajstić information content (AvgIpc) is 2.70. The van der Waals surface area contributed by atoms with Gasteiger partial charge in [0.15, 0.2) is 0 Å². The Bertz CT molecular complexity index is 550. The fourth-order valence-corrected chi connectivity index (χ4v) is 1.80. The number of aromatic amines is 1. The molecule has 0 bridgehead atoms. The van der Waals surface area contributed by atoms with Crippen molar-refractivity contribution in [1.29, 1.82) is 0 Å². The van der Waals surface area contributed by atoms with Gasteiger partial charge in [0, 0.05) is 23.5 Å². The van der Waals surface area contributed by atoms with Gasteiger partial charge in [-0.25, -0.2) is 4.39 Å². The second kappa shape index (κ2) is 4.55. The molecule has 1 heterocycles. The molecule has 0 unspecified atom stereocenters. The topological polar surface area (TPSA) is 68.1 Å². The van der Waals surface area contributed by atoms with E-state index in [1.165, 1.54) is 19.2 Å². The van der Waals surface area contributed by atoms with Gasteiger partial charge in [-0.3, -0.25) is 4.79 Å². The Morgan fingerprint density at radius 1 is 1.59 bits per heavy atom. The molecular weight excluding hydrogens is 223 g/mol. The standard InChI is InChI=1S/C12H13FN2O2/c1-17-12(16)10(14)4-7-6-15-11-5-8(13)2-3-9(7)11/h2-3,5-6,10,15H,4,14H2,1H3/t10-/m0/s1. The zero-order valence-corrected chi connectivity index (χ0v) is 9.37. The molecule has 0 fully saturated rings. The fourth-order valence-electron chi connectivity index (χ4n) is 1.80. The molecule has 1 aromatic carbocycles. The van der Waals surface area contributed by atoms with Gasteiger partial charge in [-0.1, -0.05) is 0 Å². The van der Waals surface area contributed by atoms with Crippen molar-refractivity contribution in [3.8, 4) is 0 Å². The van der Waals surface area contributed by atoms with Crippen LogP contribution in [0.2, 0.25) is 0 Å². The van der Waals surface area contributed by atoms with Crippen LogP contribution in [-0.2, 0) is 16.0 Å². The summed E-state index contributed by atoms with van der Waals surface area (Å²) >= 11 is 0. The Morgan fingerprint density at radius 2 is 2.35 bits per heavy atom. The Labute approximate surface area is 97.6 Å². The Morgan fingerprint density at radius 3 is 3.06 bits per heavy atom. The summed E-state index contributed by atoms with van der Waals surface area (Å²) in [5.74, 6) is -0.760. The van der Waals surface area contributed by atoms with Crippen LogP contribution in [0.5, 0.6) is 0 Å². The lowest BCUT2D eigenvalue weighted by molar-refractivity contribution is -0.142. The molecule has 2 aromatic rings. The van der Waals surface area contributed by atoms with E-state index in [4.69, 9.17) is 5.73 Å². The van der Waals surface area contributed by atoms with E-state index in [0.29, 0.717) is 11.9 Å². The minimum absolute atomic E-state index is 0.303. The molecule has 0 radical (unpaired) electrons. The first-order valence-electron chi connectivity index (χ1n) is 5.20. The SMILES string of the molecule is COC(=O)[C@@H](N)Cc1c[nH]c2cc(F)ccc12. The lowest BCUT2D eigenvalue weighted by atomic mass is 10.1. The summed E-state index contributed by atoms with van der Waals surface area (Å²) in [6, 6.07) is 3.75. The number of hydrogen-bond acceptors (Lipinski definition) is 3. The molecule has 1 aromatic heterocycles.